The summed E-state index contributed by atoms with van der Waals surface area (Å²) in [4.78, 5) is 0.303. The zero-order valence-electron chi connectivity index (χ0n) is 11.9. The first-order valence-corrected chi connectivity index (χ1v) is 8.77. The number of benzene rings is 1. The number of rotatable bonds is 5. The summed E-state index contributed by atoms with van der Waals surface area (Å²) < 4.78 is 27.5. The fourth-order valence-electron chi connectivity index (χ4n) is 2.75. The van der Waals surface area contributed by atoms with Crippen LogP contribution in [0.4, 0.5) is 0 Å². The average molecular weight is 297 g/mol. The van der Waals surface area contributed by atoms with Gasteiger partial charge in [-0.25, -0.2) is 13.1 Å². The van der Waals surface area contributed by atoms with Crippen LogP contribution in [0.1, 0.15) is 38.2 Å². The van der Waals surface area contributed by atoms with E-state index in [1.54, 1.807) is 12.1 Å². The van der Waals surface area contributed by atoms with Gasteiger partial charge in [0.15, 0.2) is 0 Å². The second-order valence-electron chi connectivity index (χ2n) is 5.45. The molecule has 5 heteroatoms. The van der Waals surface area contributed by atoms with Gasteiger partial charge in [0.05, 0.1) is 4.90 Å². The number of sulfonamides is 1. The monoisotopic (exact) mass is 297 g/mol. The molecular weight excluding hydrogens is 274 g/mol. The second-order valence-corrected chi connectivity index (χ2v) is 7.17. The first-order valence-electron chi connectivity index (χ1n) is 7.29. The molecule has 1 saturated carbocycles. The summed E-state index contributed by atoms with van der Waals surface area (Å²) in [5.41, 5.74) is 1.12. The Balaban J connectivity index is 2.12. The molecule has 1 aromatic rings. The average Bonchev–Trinajstić information content (AvgIpc) is 2.47. The lowest BCUT2D eigenvalue weighted by atomic mass is 9.86. The van der Waals surface area contributed by atoms with Gasteiger partial charge in [-0.15, -0.1) is 0 Å². The highest BCUT2D eigenvalue weighted by molar-refractivity contribution is 7.89. The maximum absolute atomic E-state index is 12.4. The van der Waals surface area contributed by atoms with Gasteiger partial charge in [0.2, 0.25) is 10.0 Å². The normalized spacial score (nSPS) is 23.7. The molecular formula is C15H23NO3S. The predicted molar refractivity (Wildman–Crippen MR) is 79.0 cm³/mol. The third kappa shape index (κ3) is 3.59. The van der Waals surface area contributed by atoms with Crippen molar-refractivity contribution in [2.24, 2.45) is 5.92 Å². The van der Waals surface area contributed by atoms with Crippen molar-refractivity contribution in [3.8, 4) is 0 Å². The van der Waals surface area contributed by atoms with Crippen molar-refractivity contribution in [3.05, 3.63) is 29.8 Å². The zero-order valence-corrected chi connectivity index (χ0v) is 12.7. The molecule has 1 aliphatic carbocycles. The summed E-state index contributed by atoms with van der Waals surface area (Å²) in [6.45, 7) is 2.08. The molecule has 4 nitrogen and oxygen atoms in total. The molecule has 1 fully saturated rings. The fourth-order valence-corrected chi connectivity index (χ4v) is 4.09. The van der Waals surface area contributed by atoms with E-state index in [4.69, 9.17) is 0 Å². The van der Waals surface area contributed by atoms with E-state index < -0.39 is 10.0 Å². The van der Waals surface area contributed by atoms with Gasteiger partial charge in [0, 0.05) is 12.6 Å². The number of hydrogen-bond acceptors (Lipinski definition) is 3. The van der Waals surface area contributed by atoms with E-state index in [9.17, 15) is 13.5 Å². The highest BCUT2D eigenvalue weighted by Gasteiger charge is 2.28. The second kappa shape index (κ2) is 6.70. The first-order chi connectivity index (χ1) is 9.56. The molecule has 0 spiro atoms. The largest absolute Gasteiger partial charge is 0.396 e. The fraction of sp³-hybridized carbons (Fsp3) is 0.600. The minimum atomic E-state index is -3.49. The van der Waals surface area contributed by atoms with E-state index >= 15 is 0 Å². The molecule has 0 bridgehead atoms. The van der Waals surface area contributed by atoms with Crippen LogP contribution in [0.25, 0.3) is 0 Å². The molecule has 2 unspecified atom stereocenters. The predicted octanol–water partition coefficient (Wildman–Crippen LogP) is 2.08. The van der Waals surface area contributed by atoms with Gasteiger partial charge in [-0.3, -0.25) is 0 Å². The van der Waals surface area contributed by atoms with Crippen molar-refractivity contribution < 1.29 is 13.5 Å². The van der Waals surface area contributed by atoms with Crippen LogP contribution in [0.3, 0.4) is 0 Å². The topological polar surface area (TPSA) is 66.4 Å². The lowest BCUT2D eigenvalue weighted by Gasteiger charge is -2.30. The Bertz CT molecular complexity index is 525. The Morgan fingerprint density at radius 3 is 2.45 bits per heavy atom. The van der Waals surface area contributed by atoms with Gasteiger partial charge in [0.1, 0.15) is 0 Å². The summed E-state index contributed by atoms with van der Waals surface area (Å²) >= 11 is 0. The van der Waals surface area contributed by atoms with Crippen molar-refractivity contribution in [2.75, 3.05) is 6.61 Å². The Kier molecular flexibility index (Phi) is 5.18. The van der Waals surface area contributed by atoms with E-state index in [0.29, 0.717) is 4.90 Å². The highest BCUT2D eigenvalue weighted by Crippen LogP contribution is 2.25. The van der Waals surface area contributed by atoms with Gasteiger partial charge in [-0.1, -0.05) is 31.9 Å². The first kappa shape index (κ1) is 15.5. The van der Waals surface area contributed by atoms with Crippen molar-refractivity contribution in [2.45, 2.75) is 50.0 Å². The van der Waals surface area contributed by atoms with Crippen LogP contribution < -0.4 is 4.72 Å². The molecule has 20 heavy (non-hydrogen) atoms. The number of aliphatic hydroxyl groups excluding tert-OH is 1. The third-order valence-electron chi connectivity index (χ3n) is 4.09. The summed E-state index contributed by atoms with van der Waals surface area (Å²) in [5.74, 6) is 0.0356. The van der Waals surface area contributed by atoms with Crippen molar-refractivity contribution in [3.63, 3.8) is 0 Å². The lowest BCUT2D eigenvalue weighted by Crippen LogP contribution is -2.43. The molecule has 0 saturated heterocycles. The van der Waals surface area contributed by atoms with Crippen LogP contribution in [0.2, 0.25) is 0 Å². The van der Waals surface area contributed by atoms with Crippen LogP contribution in [0, 0.1) is 5.92 Å². The number of aliphatic hydroxyl groups is 1. The maximum Gasteiger partial charge on any atom is 0.240 e. The third-order valence-corrected chi connectivity index (χ3v) is 5.60. The van der Waals surface area contributed by atoms with Crippen LogP contribution in [0.15, 0.2) is 29.2 Å². The van der Waals surface area contributed by atoms with E-state index in [0.717, 1.165) is 37.7 Å². The molecule has 0 heterocycles. The summed E-state index contributed by atoms with van der Waals surface area (Å²) in [6, 6.07) is 6.85. The van der Waals surface area contributed by atoms with Gasteiger partial charge in [0.25, 0.3) is 0 Å². The molecule has 1 aromatic carbocycles. The SMILES string of the molecule is CCc1ccc(S(=O)(=O)NC2CCCCC2CO)cc1. The molecule has 2 atom stereocenters. The Labute approximate surface area is 121 Å². The standard InChI is InChI=1S/C15H23NO3S/c1-2-12-7-9-14(10-8-12)20(18,19)16-15-6-4-3-5-13(15)11-17/h7-10,13,15-17H,2-6,11H2,1H3. The molecule has 2 rings (SSSR count). The highest BCUT2D eigenvalue weighted by atomic mass is 32.2. The van der Waals surface area contributed by atoms with Gasteiger partial charge in [-0.2, -0.15) is 0 Å². The number of nitrogens with one attached hydrogen (secondary N) is 1. The summed E-state index contributed by atoms with van der Waals surface area (Å²) in [5, 5.41) is 9.36. The van der Waals surface area contributed by atoms with Gasteiger partial charge >= 0.3 is 0 Å². The quantitative estimate of drug-likeness (QED) is 0.874. The molecule has 112 valence electrons. The minimum absolute atomic E-state index is 0.0356. The lowest BCUT2D eigenvalue weighted by molar-refractivity contribution is 0.164. The molecule has 0 aliphatic heterocycles. The molecule has 0 aromatic heterocycles. The Hall–Kier alpha value is -0.910. The zero-order chi connectivity index (χ0) is 14.6. The minimum Gasteiger partial charge on any atom is -0.396 e. The molecule has 0 radical (unpaired) electrons. The van der Waals surface area contributed by atoms with Crippen molar-refractivity contribution >= 4 is 10.0 Å². The maximum atomic E-state index is 12.4. The summed E-state index contributed by atoms with van der Waals surface area (Å²) in [6.07, 6.45) is 4.66. The van der Waals surface area contributed by atoms with E-state index in [2.05, 4.69) is 4.72 Å². The van der Waals surface area contributed by atoms with E-state index in [1.807, 2.05) is 19.1 Å². The number of aryl methyl sites for hydroxylation is 1. The van der Waals surface area contributed by atoms with E-state index in [-0.39, 0.29) is 18.6 Å². The van der Waals surface area contributed by atoms with Crippen LogP contribution in [-0.2, 0) is 16.4 Å². The van der Waals surface area contributed by atoms with E-state index in [1.165, 1.54) is 0 Å². The van der Waals surface area contributed by atoms with Crippen LogP contribution >= 0.6 is 0 Å². The molecule has 1 aliphatic rings. The molecule has 0 amide bonds. The van der Waals surface area contributed by atoms with Gasteiger partial charge in [-0.05, 0) is 42.9 Å². The molecule has 2 N–H and O–H groups in total. The smallest absolute Gasteiger partial charge is 0.240 e. The Morgan fingerprint density at radius 1 is 1.20 bits per heavy atom. The van der Waals surface area contributed by atoms with Gasteiger partial charge < -0.3 is 5.11 Å². The van der Waals surface area contributed by atoms with Crippen molar-refractivity contribution in [1.29, 1.82) is 0 Å². The number of hydrogen-bond donors (Lipinski definition) is 2. The summed E-state index contributed by atoms with van der Waals surface area (Å²) in [7, 11) is -3.49. The van der Waals surface area contributed by atoms with Crippen molar-refractivity contribution in [1.82, 2.24) is 4.72 Å². The van der Waals surface area contributed by atoms with Crippen LogP contribution in [-0.4, -0.2) is 26.2 Å². The van der Waals surface area contributed by atoms with Crippen LogP contribution in [0.5, 0.6) is 0 Å². The Morgan fingerprint density at radius 2 is 1.85 bits per heavy atom.